The molecule has 150 valence electrons. The summed E-state index contributed by atoms with van der Waals surface area (Å²) >= 11 is 0. The molecule has 0 bridgehead atoms. The molecule has 0 aliphatic rings. The number of hydrogen-bond donors (Lipinski definition) is 1. The summed E-state index contributed by atoms with van der Waals surface area (Å²) in [5, 5.41) is 9.44. The molecule has 0 aliphatic heterocycles. The van der Waals surface area contributed by atoms with Crippen molar-refractivity contribution in [2.24, 2.45) is 0 Å². The maximum Gasteiger partial charge on any atom is 0.119 e. The molecular weight excluding hydrogens is 320 g/mol. The molecule has 2 heteroatoms. The van der Waals surface area contributed by atoms with Crippen molar-refractivity contribution < 1.29 is 9.84 Å². The quantitative estimate of drug-likeness (QED) is 0.284. The Bertz CT molecular complexity index is 413. The van der Waals surface area contributed by atoms with Gasteiger partial charge in [-0.15, -0.1) is 0 Å². The number of unbranched alkanes of at least 4 members (excludes halogenated alkanes) is 11. The van der Waals surface area contributed by atoms with Crippen LogP contribution in [0.25, 0.3) is 0 Å². The Morgan fingerprint density at radius 1 is 0.654 bits per heavy atom. The summed E-state index contributed by atoms with van der Waals surface area (Å²) in [5.74, 6) is 1.19. The molecule has 0 heterocycles. The van der Waals surface area contributed by atoms with Crippen molar-refractivity contribution in [3.63, 3.8) is 0 Å². The summed E-state index contributed by atoms with van der Waals surface area (Å²) in [6.07, 6.45) is 20.1. The van der Waals surface area contributed by atoms with Crippen molar-refractivity contribution in [2.45, 2.75) is 116 Å². The number of hydrogen-bond acceptors (Lipinski definition) is 2. The number of rotatable bonds is 17. The smallest absolute Gasteiger partial charge is 0.119 e. The van der Waals surface area contributed by atoms with Gasteiger partial charge >= 0.3 is 0 Å². The van der Waals surface area contributed by atoms with Crippen molar-refractivity contribution in [2.75, 3.05) is 0 Å². The fraction of sp³-hybridized carbons (Fsp3) is 0.750. The van der Waals surface area contributed by atoms with Gasteiger partial charge in [0.05, 0.1) is 6.10 Å². The van der Waals surface area contributed by atoms with Gasteiger partial charge in [0, 0.05) is 0 Å². The van der Waals surface area contributed by atoms with Crippen LogP contribution in [0.15, 0.2) is 24.3 Å². The summed E-state index contributed by atoms with van der Waals surface area (Å²) in [7, 11) is 0. The minimum Gasteiger partial charge on any atom is -0.508 e. The molecule has 0 aromatic heterocycles. The third-order valence-electron chi connectivity index (χ3n) is 5.15. The fourth-order valence-electron chi connectivity index (χ4n) is 3.46. The summed E-state index contributed by atoms with van der Waals surface area (Å²) in [6, 6.07) is 7.19. The molecule has 1 rings (SSSR count). The van der Waals surface area contributed by atoms with Gasteiger partial charge < -0.3 is 9.84 Å². The normalized spacial score (nSPS) is 12.2. The molecule has 1 unspecified atom stereocenters. The second kappa shape index (κ2) is 16.0. The predicted molar refractivity (Wildman–Crippen MR) is 113 cm³/mol. The molecule has 0 spiro atoms. The Balaban J connectivity index is 2.28. The molecule has 1 atom stereocenters. The molecule has 1 aromatic rings. The first kappa shape index (κ1) is 22.9. The summed E-state index contributed by atoms with van der Waals surface area (Å²) in [6.45, 7) is 4.54. The van der Waals surface area contributed by atoms with Gasteiger partial charge in [0.25, 0.3) is 0 Å². The van der Waals surface area contributed by atoms with E-state index in [0.29, 0.717) is 11.9 Å². The first-order chi connectivity index (χ1) is 12.8. The van der Waals surface area contributed by atoms with Gasteiger partial charge in [0.2, 0.25) is 0 Å². The molecule has 26 heavy (non-hydrogen) atoms. The SMILES string of the molecule is CCCCCCCCCC(CCCCCCCC)Oc1ccc(O)cc1. The highest BCUT2D eigenvalue weighted by atomic mass is 16.5. The Labute approximate surface area is 162 Å². The van der Waals surface area contributed by atoms with Crippen LogP contribution in [0.4, 0.5) is 0 Å². The van der Waals surface area contributed by atoms with Crippen molar-refractivity contribution >= 4 is 0 Å². The van der Waals surface area contributed by atoms with E-state index < -0.39 is 0 Å². The fourth-order valence-corrected chi connectivity index (χ4v) is 3.46. The van der Waals surface area contributed by atoms with E-state index in [1.165, 1.54) is 83.5 Å². The van der Waals surface area contributed by atoms with Crippen LogP contribution in [0.2, 0.25) is 0 Å². The van der Waals surface area contributed by atoms with Crippen molar-refractivity contribution in [3.05, 3.63) is 24.3 Å². The van der Waals surface area contributed by atoms with E-state index in [2.05, 4.69) is 13.8 Å². The van der Waals surface area contributed by atoms with E-state index >= 15 is 0 Å². The first-order valence-corrected chi connectivity index (χ1v) is 11.2. The van der Waals surface area contributed by atoms with Crippen LogP contribution in [0.1, 0.15) is 110 Å². The summed E-state index contributed by atoms with van der Waals surface area (Å²) in [4.78, 5) is 0. The third kappa shape index (κ3) is 12.2. The number of phenols is 1. The lowest BCUT2D eigenvalue weighted by atomic mass is 10.0. The molecule has 2 nitrogen and oxygen atoms in total. The van der Waals surface area contributed by atoms with Gasteiger partial charge in [0.1, 0.15) is 11.5 Å². The van der Waals surface area contributed by atoms with Crippen LogP contribution < -0.4 is 4.74 Å². The van der Waals surface area contributed by atoms with Crippen LogP contribution in [-0.2, 0) is 0 Å². The van der Waals surface area contributed by atoms with E-state index in [1.807, 2.05) is 12.1 Å². The monoisotopic (exact) mass is 362 g/mol. The van der Waals surface area contributed by atoms with Crippen LogP contribution in [0, 0.1) is 0 Å². The van der Waals surface area contributed by atoms with Crippen LogP contribution in [-0.4, -0.2) is 11.2 Å². The Hall–Kier alpha value is -1.18. The first-order valence-electron chi connectivity index (χ1n) is 11.2. The minimum absolute atomic E-state index is 0.303. The average Bonchev–Trinajstić information content (AvgIpc) is 2.65. The zero-order chi connectivity index (χ0) is 18.9. The van der Waals surface area contributed by atoms with Gasteiger partial charge in [-0.2, -0.15) is 0 Å². The predicted octanol–water partition coefficient (Wildman–Crippen LogP) is 8.03. The standard InChI is InChI=1S/C24H42O2/c1-3-5-7-9-11-13-15-17-23(16-14-12-10-8-6-4-2)26-24-20-18-22(25)19-21-24/h18-21,23,25H,3-17H2,1-2H3. The van der Waals surface area contributed by atoms with Gasteiger partial charge in [-0.1, -0.05) is 84.5 Å². The molecule has 1 aromatic carbocycles. The van der Waals surface area contributed by atoms with Crippen LogP contribution in [0.5, 0.6) is 11.5 Å². The molecule has 0 aliphatic carbocycles. The largest absolute Gasteiger partial charge is 0.508 e. The maximum atomic E-state index is 9.44. The summed E-state index contributed by atoms with van der Waals surface area (Å²) < 4.78 is 6.23. The van der Waals surface area contributed by atoms with E-state index in [4.69, 9.17) is 4.74 Å². The highest BCUT2D eigenvalue weighted by Crippen LogP contribution is 2.22. The van der Waals surface area contributed by atoms with Gasteiger partial charge in [-0.05, 0) is 49.9 Å². The van der Waals surface area contributed by atoms with E-state index in [-0.39, 0.29) is 0 Å². The number of aromatic hydroxyl groups is 1. The Morgan fingerprint density at radius 3 is 1.54 bits per heavy atom. The number of benzene rings is 1. The van der Waals surface area contributed by atoms with Crippen molar-refractivity contribution in [3.8, 4) is 11.5 Å². The second-order valence-electron chi connectivity index (χ2n) is 7.70. The van der Waals surface area contributed by atoms with Gasteiger partial charge in [-0.25, -0.2) is 0 Å². The molecule has 0 radical (unpaired) electrons. The zero-order valence-electron chi connectivity index (χ0n) is 17.3. The molecule has 0 saturated heterocycles. The number of phenolic OH excluding ortho intramolecular Hbond substituents is 1. The van der Waals surface area contributed by atoms with Crippen LogP contribution in [0.3, 0.4) is 0 Å². The zero-order valence-corrected chi connectivity index (χ0v) is 17.3. The second-order valence-corrected chi connectivity index (χ2v) is 7.70. The van der Waals surface area contributed by atoms with Crippen molar-refractivity contribution in [1.82, 2.24) is 0 Å². The lowest BCUT2D eigenvalue weighted by Gasteiger charge is -2.19. The number of ether oxygens (including phenoxy) is 1. The van der Waals surface area contributed by atoms with Crippen LogP contribution >= 0.6 is 0 Å². The molecule has 1 N–H and O–H groups in total. The van der Waals surface area contributed by atoms with E-state index in [9.17, 15) is 5.11 Å². The topological polar surface area (TPSA) is 29.5 Å². The Morgan fingerprint density at radius 2 is 1.08 bits per heavy atom. The van der Waals surface area contributed by atoms with Crippen molar-refractivity contribution in [1.29, 1.82) is 0 Å². The Kier molecular flexibility index (Phi) is 14.1. The summed E-state index contributed by atoms with van der Waals surface area (Å²) in [5.41, 5.74) is 0. The highest BCUT2D eigenvalue weighted by molar-refractivity contribution is 5.30. The molecule has 0 amide bonds. The molecular formula is C24H42O2. The minimum atomic E-state index is 0.303. The van der Waals surface area contributed by atoms with Gasteiger partial charge in [0.15, 0.2) is 0 Å². The third-order valence-corrected chi connectivity index (χ3v) is 5.15. The highest BCUT2D eigenvalue weighted by Gasteiger charge is 2.10. The van der Waals surface area contributed by atoms with E-state index in [0.717, 1.165) is 18.6 Å². The lowest BCUT2D eigenvalue weighted by Crippen LogP contribution is -2.16. The molecule has 0 fully saturated rings. The molecule has 0 saturated carbocycles. The lowest BCUT2D eigenvalue weighted by molar-refractivity contribution is 0.172. The average molecular weight is 363 g/mol. The maximum absolute atomic E-state index is 9.44. The van der Waals surface area contributed by atoms with Gasteiger partial charge in [-0.3, -0.25) is 0 Å². The van der Waals surface area contributed by atoms with E-state index in [1.54, 1.807) is 12.1 Å².